The van der Waals surface area contributed by atoms with Crippen molar-refractivity contribution in [2.75, 3.05) is 37.6 Å². The van der Waals surface area contributed by atoms with Crippen LogP contribution in [0.2, 0.25) is 0 Å². The first-order valence-electron chi connectivity index (χ1n) is 8.56. The van der Waals surface area contributed by atoms with Gasteiger partial charge in [0.15, 0.2) is 0 Å². The van der Waals surface area contributed by atoms with E-state index in [-0.39, 0.29) is 0 Å². The lowest BCUT2D eigenvalue weighted by Crippen LogP contribution is -2.52. The molecule has 0 bridgehead atoms. The lowest BCUT2D eigenvalue weighted by Gasteiger charge is -2.41. The Kier molecular flexibility index (Phi) is 4.64. The fourth-order valence-electron chi connectivity index (χ4n) is 3.78. The molecule has 1 aliphatic carbocycles. The van der Waals surface area contributed by atoms with Crippen molar-refractivity contribution in [2.24, 2.45) is 0 Å². The Morgan fingerprint density at radius 3 is 2.36 bits per heavy atom. The molecule has 2 aliphatic rings. The third-order valence-corrected chi connectivity index (χ3v) is 4.95. The molecule has 1 aromatic heterocycles. The second-order valence-corrected chi connectivity index (χ2v) is 6.96. The second-order valence-electron chi connectivity index (χ2n) is 6.96. The Labute approximate surface area is 133 Å². The Morgan fingerprint density at radius 2 is 1.73 bits per heavy atom. The summed E-state index contributed by atoms with van der Waals surface area (Å²) in [7, 11) is 0. The van der Waals surface area contributed by atoms with Gasteiger partial charge in [0.25, 0.3) is 0 Å². The van der Waals surface area contributed by atoms with Gasteiger partial charge in [-0.1, -0.05) is 19.3 Å². The first-order valence-corrected chi connectivity index (χ1v) is 8.56. The molecular formula is C17H28N4O. The Hall–Kier alpha value is -1.20. The maximum absolute atomic E-state index is 10.7. The highest BCUT2D eigenvalue weighted by molar-refractivity contribution is 5.40. The minimum absolute atomic E-state index is 0.442. The van der Waals surface area contributed by atoms with Gasteiger partial charge in [-0.15, -0.1) is 0 Å². The highest BCUT2D eigenvalue weighted by Gasteiger charge is 2.32. The number of hydrogen-bond acceptors (Lipinski definition) is 5. The summed E-state index contributed by atoms with van der Waals surface area (Å²) in [5, 5.41) is 10.7. The van der Waals surface area contributed by atoms with E-state index < -0.39 is 5.60 Å². The fourth-order valence-corrected chi connectivity index (χ4v) is 3.78. The van der Waals surface area contributed by atoms with E-state index in [1.54, 1.807) is 0 Å². The third-order valence-electron chi connectivity index (χ3n) is 4.95. The number of β-amino-alcohol motifs (C(OH)–C–C–N with tert-alkyl or cyclic N) is 1. The van der Waals surface area contributed by atoms with Crippen LogP contribution in [0.25, 0.3) is 0 Å². The van der Waals surface area contributed by atoms with Crippen molar-refractivity contribution in [1.29, 1.82) is 0 Å². The molecule has 0 radical (unpaired) electrons. The maximum Gasteiger partial charge on any atom is 0.132 e. The quantitative estimate of drug-likeness (QED) is 0.924. The summed E-state index contributed by atoms with van der Waals surface area (Å²) in [5.41, 5.74) is 0.587. The molecule has 0 amide bonds. The number of aromatic nitrogens is 2. The molecule has 3 rings (SSSR count). The predicted octanol–water partition coefficient (Wildman–Crippen LogP) is 1.91. The van der Waals surface area contributed by atoms with Crippen molar-refractivity contribution in [3.05, 3.63) is 17.6 Å². The number of rotatable bonds is 3. The number of piperazine rings is 1. The van der Waals surface area contributed by atoms with Crippen LogP contribution in [-0.2, 0) is 0 Å². The van der Waals surface area contributed by atoms with Gasteiger partial charge >= 0.3 is 0 Å². The lowest BCUT2D eigenvalue weighted by molar-refractivity contribution is -0.0271. The first kappa shape index (κ1) is 15.7. The summed E-state index contributed by atoms with van der Waals surface area (Å²) in [4.78, 5) is 13.7. The van der Waals surface area contributed by atoms with Crippen LogP contribution in [0.5, 0.6) is 0 Å². The molecule has 0 unspecified atom stereocenters. The van der Waals surface area contributed by atoms with Gasteiger partial charge in [-0.2, -0.15) is 0 Å². The van der Waals surface area contributed by atoms with Crippen LogP contribution >= 0.6 is 0 Å². The van der Waals surface area contributed by atoms with E-state index in [1.807, 2.05) is 13.8 Å². The minimum Gasteiger partial charge on any atom is -0.389 e. The molecule has 1 saturated heterocycles. The Bertz CT molecular complexity index is 485. The summed E-state index contributed by atoms with van der Waals surface area (Å²) in [6.07, 6.45) is 5.57. The summed E-state index contributed by atoms with van der Waals surface area (Å²) in [6.45, 7) is 8.77. The molecule has 0 aromatic carbocycles. The van der Waals surface area contributed by atoms with Crippen LogP contribution in [0.1, 0.15) is 43.6 Å². The highest BCUT2D eigenvalue weighted by Crippen LogP contribution is 2.29. The van der Waals surface area contributed by atoms with E-state index in [0.717, 1.165) is 62.9 Å². The molecule has 0 spiro atoms. The van der Waals surface area contributed by atoms with E-state index in [2.05, 4.69) is 25.8 Å². The smallest absolute Gasteiger partial charge is 0.132 e. The van der Waals surface area contributed by atoms with E-state index in [9.17, 15) is 5.11 Å². The van der Waals surface area contributed by atoms with E-state index in [4.69, 9.17) is 0 Å². The van der Waals surface area contributed by atoms with E-state index >= 15 is 0 Å². The van der Waals surface area contributed by atoms with Crippen LogP contribution in [0.4, 0.5) is 5.82 Å². The average molecular weight is 304 g/mol. The molecule has 122 valence electrons. The number of anilines is 1. The van der Waals surface area contributed by atoms with Crippen molar-refractivity contribution in [3.8, 4) is 0 Å². The van der Waals surface area contributed by atoms with Crippen LogP contribution in [-0.4, -0.2) is 58.3 Å². The molecule has 5 nitrogen and oxygen atoms in total. The molecule has 1 N–H and O–H groups in total. The zero-order valence-electron chi connectivity index (χ0n) is 13.9. The Balaban J connectivity index is 1.56. The molecule has 2 heterocycles. The second kappa shape index (κ2) is 6.50. The van der Waals surface area contributed by atoms with Crippen molar-refractivity contribution in [1.82, 2.24) is 14.9 Å². The van der Waals surface area contributed by atoms with Crippen molar-refractivity contribution in [2.45, 2.75) is 51.6 Å². The van der Waals surface area contributed by atoms with Crippen molar-refractivity contribution in [3.63, 3.8) is 0 Å². The zero-order valence-corrected chi connectivity index (χ0v) is 13.9. The van der Waals surface area contributed by atoms with Gasteiger partial charge in [0, 0.05) is 44.5 Å². The summed E-state index contributed by atoms with van der Waals surface area (Å²) in [6, 6.07) is 2.07. The topological polar surface area (TPSA) is 52.5 Å². The van der Waals surface area contributed by atoms with Crippen molar-refractivity contribution < 1.29 is 5.11 Å². The number of nitrogens with zero attached hydrogens (tertiary/aromatic N) is 4. The summed E-state index contributed by atoms with van der Waals surface area (Å²) >= 11 is 0. The average Bonchev–Trinajstić information content (AvgIpc) is 2.47. The van der Waals surface area contributed by atoms with Gasteiger partial charge < -0.3 is 10.0 Å². The van der Waals surface area contributed by atoms with Gasteiger partial charge in [0.05, 0.1) is 5.60 Å². The van der Waals surface area contributed by atoms with E-state index in [1.165, 1.54) is 19.3 Å². The van der Waals surface area contributed by atoms with Gasteiger partial charge in [-0.3, -0.25) is 4.90 Å². The molecule has 0 atom stereocenters. The van der Waals surface area contributed by atoms with Gasteiger partial charge in [-0.05, 0) is 26.7 Å². The Morgan fingerprint density at radius 1 is 1.05 bits per heavy atom. The molecular weight excluding hydrogens is 276 g/mol. The summed E-state index contributed by atoms with van der Waals surface area (Å²) in [5.74, 6) is 1.88. The molecule has 22 heavy (non-hydrogen) atoms. The SMILES string of the molecule is Cc1cc(N2CCN(CC3(O)CCCCC3)CC2)nc(C)n1. The molecule has 5 heteroatoms. The minimum atomic E-state index is -0.442. The summed E-state index contributed by atoms with van der Waals surface area (Å²) < 4.78 is 0. The third kappa shape index (κ3) is 3.76. The fraction of sp³-hybridized carbons (Fsp3) is 0.765. The molecule has 1 saturated carbocycles. The number of hydrogen-bond donors (Lipinski definition) is 1. The monoisotopic (exact) mass is 304 g/mol. The normalized spacial score (nSPS) is 22.8. The number of aliphatic hydroxyl groups is 1. The predicted molar refractivity (Wildman–Crippen MR) is 88.2 cm³/mol. The first-order chi connectivity index (χ1) is 10.5. The standard InChI is InChI=1S/C17H28N4O/c1-14-12-16(19-15(2)18-14)21-10-8-20(9-11-21)13-17(22)6-4-3-5-7-17/h12,22H,3-11,13H2,1-2H3. The van der Waals surface area contributed by atoms with Crippen LogP contribution in [0.3, 0.4) is 0 Å². The van der Waals surface area contributed by atoms with Crippen LogP contribution in [0, 0.1) is 13.8 Å². The van der Waals surface area contributed by atoms with Gasteiger partial charge in [0.1, 0.15) is 11.6 Å². The molecule has 1 aliphatic heterocycles. The van der Waals surface area contributed by atoms with Crippen LogP contribution in [0.15, 0.2) is 6.07 Å². The van der Waals surface area contributed by atoms with Gasteiger partial charge in [0.2, 0.25) is 0 Å². The maximum atomic E-state index is 10.7. The highest BCUT2D eigenvalue weighted by atomic mass is 16.3. The lowest BCUT2D eigenvalue weighted by atomic mass is 9.84. The molecule has 2 fully saturated rings. The van der Waals surface area contributed by atoms with Crippen LogP contribution < -0.4 is 4.90 Å². The van der Waals surface area contributed by atoms with Gasteiger partial charge in [-0.25, -0.2) is 9.97 Å². The molecule has 1 aromatic rings. The zero-order chi connectivity index (χ0) is 15.6. The number of aryl methyl sites for hydroxylation is 2. The van der Waals surface area contributed by atoms with Crippen molar-refractivity contribution >= 4 is 5.82 Å². The van der Waals surface area contributed by atoms with E-state index in [0.29, 0.717) is 0 Å². The largest absolute Gasteiger partial charge is 0.389 e.